The molecular formula is C33H64O10. The van der Waals surface area contributed by atoms with Crippen LogP contribution in [0.4, 0.5) is 0 Å². The molecule has 10 heteroatoms. The van der Waals surface area contributed by atoms with Crippen molar-refractivity contribution in [1.82, 2.24) is 0 Å². The van der Waals surface area contributed by atoms with Crippen molar-refractivity contribution in [3.8, 4) is 0 Å². The van der Waals surface area contributed by atoms with Crippen molar-refractivity contribution >= 4 is 5.97 Å². The molecule has 0 aromatic carbocycles. The van der Waals surface area contributed by atoms with Gasteiger partial charge in [-0.15, -0.1) is 0 Å². The van der Waals surface area contributed by atoms with Gasteiger partial charge in [0.1, 0.15) is 31.0 Å². The molecule has 43 heavy (non-hydrogen) atoms. The number of esters is 1. The molecule has 1 aliphatic heterocycles. The summed E-state index contributed by atoms with van der Waals surface area (Å²) in [5.74, 6) is -0.165. The third-order valence-corrected chi connectivity index (χ3v) is 7.60. The molecule has 1 heterocycles. The van der Waals surface area contributed by atoms with Gasteiger partial charge in [0.25, 0.3) is 0 Å². The Labute approximate surface area is 262 Å². The smallest absolute Gasteiger partial charge is 0.305 e. The molecule has 4 unspecified atom stereocenters. The number of ether oxygens (including phenoxy) is 9. The van der Waals surface area contributed by atoms with Gasteiger partial charge in [0.2, 0.25) is 0 Å². The molecular weight excluding hydrogens is 556 g/mol. The number of unbranched alkanes of at least 4 members (excludes halogenated alkanes) is 12. The number of rotatable bonds is 32. The summed E-state index contributed by atoms with van der Waals surface area (Å²) in [4.78, 5) is 12.2. The monoisotopic (exact) mass is 620 g/mol. The van der Waals surface area contributed by atoms with Crippen LogP contribution < -0.4 is 0 Å². The average Bonchev–Trinajstić information content (AvgIpc) is 3.41. The maximum Gasteiger partial charge on any atom is 0.305 e. The van der Waals surface area contributed by atoms with E-state index in [1.165, 1.54) is 70.6 Å². The van der Waals surface area contributed by atoms with Crippen LogP contribution in [0.3, 0.4) is 0 Å². The summed E-state index contributed by atoms with van der Waals surface area (Å²) in [6, 6.07) is 0. The molecule has 0 aliphatic carbocycles. The highest BCUT2D eigenvalue weighted by atomic mass is 16.6. The summed E-state index contributed by atoms with van der Waals surface area (Å²) >= 11 is 0. The minimum absolute atomic E-state index is 0.165. The van der Waals surface area contributed by atoms with Crippen molar-refractivity contribution in [1.29, 1.82) is 0 Å². The van der Waals surface area contributed by atoms with Crippen molar-refractivity contribution in [2.75, 3.05) is 87.4 Å². The van der Waals surface area contributed by atoms with E-state index in [2.05, 4.69) is 6.92 Å². The lowest BCUT2D eigenvalue weighted by atomic mass is 10.0. The van der Waals surface area contributed by atoms with E-state index in [4.69, 9.17) is 42.6 Å². The second-order valence-corrected chi connectivity index (χ2v) is 11.2. The zero-order valence-electron chi connectivity index (χ0n) is 27.9. The molecule has 4 atom stereocenters. The van der Waals surface area contributed by atoms with Crippen molar-refractivity contribution < 1.29 is 47.4 Å². The summed E-state index contributed by atoms with van der Waals surface area (Å²) in [5, 5.41) is 0. The Morgan fingerprint density at radius 2 is 1.23 bits per heavy atom. The zero-order valence-corrected chi connectivity index (χ0v) is 27.9. The molecule has 1 rings (SSSR count). The molecule has 0 spiro atoms. The first kappa shape index (κ1) is 40.2. The van der Waals surface area contributed by atoms with Crippen LogP contribution in [0.15, 0.2) is 0 Å². The fourth-order valence-corrected chi connectivity index (χ4v) is 5.12. The van der Waals surface area contributed by atoms with Gasteiger partial charge in [0.05, 0.1) is 59.5 Å². The second-order valence-electron chi connectivity index (χ2n) is 11.2. The minimum Gasteiger partial charge on any atom is -0.463 e. The lowest BCUT2D eigenvalue weighted by Gasteiger charge is -2.29. The number of hydrogen-bond donors (Lipinski definition) is 0. The normalized spacial score (nSPS) is 19.2. The maximum atomic E-state index is 12.2. The zero-order chi connectivity index (χ0) is 31.2. The first-order valence-corrected chi connectivity index (χ1v) is 16.8. The third kappa shape index (κ3) is 21.5. The third-order valence-electron chi connectivity index (χ3n) is 7.60. The number of hydrogen-bond acceptors (Lipinski definition) is 10. The van der Waals surface area contributed by atoms with E-state index in [0.29, 0.717) is 52.7 Å². The van der Waals surface area contributed by atoms with E-state index in [1.54, 1.807) is 21.3 Å². The molecule has 10 nitrogen and oxygen atoms in total. The van der Waals surface area contributed by atoms with Gasteiger partial charge in [-0.2, -0.15) is 0 Å². The topological polar surface area (TPSA) is 100 Å². The van der Waals surface area contributed by atoms with Crippen LogP contribution in [0, 0.1) is 0 Å². The molecule has 0 radical (unpaired) electrons. The van der Waals surface area contributed by atoms with Crippen LogP contribution in [0.2, 0.25) is 0 Å². The summed E-state index contributed by atoms with van der Waals surface area (Å²) < 4.78 is 50.8. The highest BCUT2D eigenvalue weighted by Crippen LogP contribution is 2.25. The summed E-state index contributed by atoms with van der Waals surface area (Å²) in [5.41, 5.74) is 0. The van der Waals surface area contributed by atoms with E-state index in [-0.39, 0.29) is 44.1 Å². The number of methoxy groups -OCH3 is 3. The van der Waals surface area contributed by atoms with Crippen LogP contribution >= 0.6 is 0 Å². The van der Waals surface area contributed by atoms with Crippen molar-refractivity contribution in [3.05, 3.63) is 0 Å². The van der Waals surface area contributed by atoms with Crippen LogP contribution in [0.25, 0.3) is 0 Å². The average molecular weight is 621 g/mol. The first-order chi connectivity index (χ1) is 21.2. The van der Waals surface area contributed by atoms with Crippen molar-refractivity contribution in [2.45, 2.75) is 121 Å². The Morgan fingerprint density at radius 1 is 0.674 bits per heavy atom. The molecule has 0 amide bonds. The van der Waals surface area contributed by atoms with Crippen LogP contribution in [0.5, 0.6) is 0 Å². The highest BCUT2D eigenvalue weighted by molar-refractivity contribution is 5.69. The lowest BCUT2D eigenvalue weighted by Crippen LogP contribution is -2.45. The summed E-state index contributed by atoms with van der Waals surface area (Å²) in [7, 11) is 4.90. The Hall–Kier alpha value is -0.850. The van der Waals surface area contributed by atoms with E-state index in [0.717, 1.165) is 12.8 Å². The number of carbonyl (C=O) groups is 1. The van der Waals surface area contributed by atoms with E-state index in [9.17, 15) is 4.79 Å². The predicted molar refractivity (Wildman–Crippen MR) is 167 cm³/mol. The largest absolute Gasteiger partial charge is 0.463 e. The minimum atomic E-state index is -0.403. The predicted octanol–water partition coefficient (Wildman–Crippen LogP) is 5.52. The fourth-order valence-electron chi connectivity index (χ4n) is 5.12. The van der Waals surface area contributed by atoms with Crippen molar-refractivity contribution in [2.24, 2.45) is 0 Å². The van der Waals surface area contributed by atoms with E-state index >= 15 is 0 Å². The van der Waals surface area contributed by atoms with Crippen molar-refractivity contribution in [3.63, 3.8) is 0 Å². The van der Waals surface area contributed by atoms with Gasteiger partial charge in [0, 0.05) is 27.8 Å². The molecule has 0 bridgehead atoms. The van der Waals surface area contributed by atoms with E-state index < -0.39 is 6.10 Å². The van der Waals surface area contributed by atoms with Gasteiger partial charge < -0.3 is 42.6 Å². The maximum absolute atomic E-state index is 12.2. The van der Waals surface area contributed by atoms with Crippen LogP contribution in [-0.4, -0.2) is 118 Å². The van der Waals surface area contributed by atoms with Crippen LogP contribution in [-0.2, 0) is 47.4 Å². The number of carbonyl (C=O) groups excluding carboxylic acids is 1. The van der Waals surface area contributed by atoms with Gasteiger partial charge in [-0.1, -0.05) is 84.0 Å². The lowest BCUT2D eigenvalue weighted by molar-refractivity contribution is -0.149. The Morgan fingerprint density at radius 3 is 1.84 bits per heavy atom. The van der Waals surface area contributed by atoms with E-state index in [1.807, 2.05) is 0 Å². The van der Waals surface area contributed by atoms with Gasteiger partial charge in [-0.25, -0.2) is 0 Å². The standard InChI is InChI=1S/C33H64O10/c1-5-6-7-8-9-10-11-12-13-14-15-16-17-18-31(34)41-26-22-38-27-29(39-23-19-35-2)33-32(42-25-21-37-4)30(28-43-33)40-24-20-36-3/h29-30,32-33H,5-28H2,1-4H3. The quantitative estimate of drug-likeness (QED) is 0.0706. The first-order valence-electron chi connectivity index (χ1n) is 16.8. The molecule has 0 aromatic heterocycles. The summed E-state index contributed by atoms with van der Waals surface area (Å²) in [6.45, 7) is 6.04. The van der Waals surface area contributed by atoms with Gasteiger partial charge >= 0.3 is 5.97 Å². The molecule has 1 saturated heterocycles. The molecule has 1 aliphatic rings. The van der Waals surface area contributed by atoms with Gasteiger partial charge in [-0.3, -0.25) is 4.79 Å². The fraction of sp³-hybridized carbons (Fsp3) is 0.970. The SMILES string of the molecule is CCCCCCCCCCCCCCCC(=O)OCCOCC(OCCOC)C1OCC(OCCOC)C1OCCOC. The molecule has 1 fully saturated rings. The van der Waals surface area contributed by atoms with Gasteiger partial charge in [-0.05, 0) is 6.42 Å². The Balaban J connectivity index is 2.24. The molecule has 256 valence electrons. The Kier molecular flexibility index (Phi) is 27.9. The van der Waals surface area contributed by atoms with Crippen LogP contribution in [0.1, 0.15) is 96.8 Å². The molecule has 0 aromatic rings. The molecule has 0 N–H and O–H groups in total. The summed E-state index contributed by atoms with van der Waals surface area (Å²) in [6.07, 6.45) is 15.7. The Bertz CT molecular complexity index is 608. The second kappa shape index (κ2) is 29.8. The van der Waals surface area contributed by atoms with Gasteiger partial charge in [0.15, 0.2) is 0 Å². The highest BCUT2D eigenvalue weighted by Gasteiger charge is 2.44. The molecule has 0 saturated carbocycles.